The van der Waals surface area contributed by atoms with Gasteiger partial charge in [0.2, 0.25) is 0 Å². The minimum absolute atomic E-state index is 0.116. The number of carbonyl (C=O) groups excluding carboxylic acids is 2. The van der Waals surface area contributed by atoms with Crippen LogP contribution in [0.3, 0.4) is 0 Å². The van der Waals surface area contributed by atoms with Gasteiger partial charge < -0.3 is 5.11 Å². The van der Waals surface area contributed by atoms with E-state index in [-0.39, 0.29) is 18.4 Å². The maximum Gasteiger partial charge on any atom is 0.279 e. The lowest BCUT2D eigenvalue weighted by molar-refractivity contribution is -0.123. The van der Waals surface area contributed by atoms with Crippen molar-refractivity contribution >= 4 is 23.2 Å². The highest BCUT2D eigenvalue weighted by molar-refractivity contribution is 7.12. The van der Waals surface area contributed by atoms with Crippen molar-refractivity contribution < 1.29 is 14.7 Å². The molecule has 1 heterocycles. The highest BCUT2D eigenvalue weighted by Gasteiger charge is 2.19. The fourth-order valence-electron chi connectivity index (χ4n) is 1.67. The molecular formula is C13H21N3O3S. The van der Waals surface area contributed by atoms with Crippen LogP contribution in [-0.2, 0) is 4.79 Å². The van der Waals surface area contributed by atoms with Crippen LogP contribution in [0, 0.1) is 0 Å². The van der Waals surface area contributed by atoms with Crippen LogP contribution in [0.25, 0.3) is 0 Å². The molecule has 0 saturated carbocycles. The molecule has 2 amide bonds. The summed E-state index contributed by atoms with van der Waals surface area (Å²) in [5.41, 5.74) is 3.86. The van der Waals surface area contributed by atoms with Crippen LogP contribution in [0.2, 0.25) is 0 Å². The Kier molecular flexibility index (Phi) is 6.12. The maximum absolute atomic E-state index is 11.7. The van der Waals surface area contributed by atoms with Crippen LogP contribution in [0.4, 0.5) is 0 Å². The molecule has 0 radical (unpaired) electrons. The first kappa shape index (κ1) is 16.6. The first-order chi connectivity index (χ1) is 9.31. The van der Waals surface area contributed by atoms with Gasteiger partial charge in [0.1, 0.15) is 0 Å². The van der Waals surface area contributed by atoms with Gasteiger partial charge in [0, 0.05) is 6.54 Å². The van der Waals surface area contributed by atoms with Gasteiger partial charge in [-0.15, -0.1) is 11.3 Å². The summed E-state index contributed by atoms with van der Waals surface area (Å²) in [7, 11) is 0. The molecular weight excluding hydrogens is 278 g/mol. The van der Waals surface area contributed by atoms with Gasteiger partial charge in [-0.3, -0.25) is 25.3 Å². The third-order valence-corrected chi connectivity index (χ3v) is 3.35. The fraction of sp³-hybridized carbons (Fsp3) is 0.538. The van der Waals surface area contributed by atoms with Crippen molar-refractivity contribution in [2.24, 2.45) is 0 Å². The first-order valence-corrected chi connectivity index (χ1v) is 7.27. The molecule has 7 heteroatoms. The number of rotatable bonds is 6. The van der Waals surface area contributed by atoms with E-state index >= 15 is 0 Å². The second-order valence-corrected chi connectivity index (χ2v) is 6.04. The van der Waals surface area contributed by atoms with Gasteiger partial charge in [-0.2, -0.15) is 0 Å². The summed E-state index contributed by atoms with van der Waals surface area (Å²) >= 11 is 1.30. The molecule has 0 aliphatic heterocycles. The number of thiophene rings is 1. The van der Waals surface area contributed by atoms with E-state index in [9.17, 15) is 14.7 Å². The molecule has 3 N–H and O–H groups in total. The molecule has 0 unspecified atom stereocenters. The summed E-state index contributed by atoms with van der Waals surface area (Å²) in [6.45, 7) is 6.42. The van der Waals surface area contributed by atoms with E-state index in [1.54, 1.807) is 36.3 Å². The second-order valence-electron chi connectivity index (χ2n) is 5.10. The van der Waals surface area contributed by atoms with Crippen LogP contribution in [0.5, 0.6) is 0 Å². The van der Waals surface area contributed by atoms with Gasteiger partial charge in [-0.1, -0.05) is 13.0 Å². The lowest BCUT2D eigenvalue weighted by atomic mass is 10.1. The Hall–Kier alpha value is -1.44. The number of carbonyl (C=O) groups is 2. The average Bonchev–Trinajstić information content (AvgIpc) is 2.87. The van der Waals surface area contributed by atoms with Gasteiger partial charge in [-0.05, 0) is 31.8 Å². The molecule has 0 aliphatic rings. The Labute approximate surface area is 122 Å². The molecule has 112 valence electrons. The number of hydrogen-bond donors (Lipinski definition) is 3. The Morgan fingerprint density at radius 1 is 1.40 bits per heavy atom. The van der Waals surface area contributed by atoms with Crippen molar-refractivity contribution in [3.05, 3.63) is 22.4 Å². The van der Waals surface area contributed by atoms with Gasteiger partial charge in [-0.25, -0.2) is 0 Å². The molecule has 1 aromatic heterocycles. The monoisotopic (exact) mass is 299 g/mol. The predicted molar refractivity (Wildman–Crippen MR) is 78.3 cm³/mol. The average molecular weight is 299 g/mol. The van der Waals surface area contributed by atoms with Gasteiger partial charge in [0.25, 0.3) is 11.8 Å². The zero-order valence-corrected chi connectivity index (χ0v) is 12.8. The van der Waals surface area contributed by atoms with Crippen LogP contribution in [0.1, 0.15) is 30.4 Å². The van der Waals surface area contributed by atoms with E-state index in [2.05, 4.69) is 10.9 Å². The SMILES string of the molecule is CCN(CC(=O)NNC(=O)c1cccs1)CC(C)(C)O. The molecule has 0 saturated heterocycles. The number of hydrazine groups is 1. The minimum Gasteiger partial charge on any atom is -0.389 e. The molecule has 0 fully saturated rings. The fourth-order valence-corrected chi connectivity index (χ4v) is 2.28. The van der Waals surface area contributed by atoms with Crippen molar-refractivity contribution in [3.8, 4) is 0 Å². The summed E-state index contributed by atoms with van der Waals surface area (Å²) in [5, 5.41) is 11.5. The van der Waals surface area contributed by atoms with Crippen LogP contribution < -0.4 is 10.9 Å². The number of amides is 2. The van der Waals surface area contributed by atoms with Crippen LogP contribution >= 0.6 is 11.3 Å². The summed E-state index contributed by atoms with van der Waals surface area (Å²) in [4.78, 5) is 25.7. The largest absolute Gasteiger partial charge is 0.389 e. The third kappa shape index (κ3) is 6.14. The normalized spacial score (nSPS) is 11.4. The molecule has 0 atom stereocenters. The van der Waals surface area contributed by atoms with Crippen molar-refractivity contribution in [2.45, 2.75) is 26.4 Å². The summed E-state index contributed by atoms with van der Waals surface area (Å²) in [6.07, 6.45) is 0. The molecule has 20 heavy (non-hydrogen) atoms. The Balaban J connectivity index is 2.37. The van der Waals surface area contributed by atoms with Crippen molar-refractivity contribution in [2.75, 3.05) is 19.6 Å². The maximum atomic E-state index is 11.7. The van der Waals surface area contributed by atoms with Crippen LogP contribution in [0.15, 0.2) is 17.5 Å². The number of likely N-dealkylation sites (N-methyl/N-ethyl adjacent to an activating group) is 1. The number of nitrogens with one attached hydrogen (secondary N) is 2. The Morgan fingerprint density at radius 2 is 2.10 bits per heavy atom. The molecule has 6 nitrogen and oxygen atoms in total. The van der Waals surface area contributed by atoms with Crippen LogP contribution in [-0.4, -0.2) is 47.1 Å². The van der Waals surface area contributed by atoms with E-state index in [1.807, 2.05) is 6.92 Å². The molecule has 0 spiro atoms. The Bertz CT molecular complexity index is 440. The van der Waals surface area contributed by atoms with E-state index in [0.717, 1.165) is 0 Å². The number of aliphatic hydroxyl groups is 1. The smallest absolute Gasteiger partial charge is 0.279 e. The quantitative estimate of drug-likeness (QED) is 0.672. The van der Waals surface area contributed by atoms with Gasteiger partial charge >= 0.3 is 0 Å². The van der Waals surface area contributed by atoms with Crippen molar-refractivity contribution in [1.29, 1.82) is 0 Å². The predicted octanol–water partition coefficient (Wildman–Crippen LogP) is 0.602. The summed E-state index contributed by atoms with van der Waals surface area (Å²) in [6, 6.07) is 3.45. The van der Waals surface area contributed by atoms with E-state index in [0.29, 0.717) is 18.0 Å². The van der Waals surface area contributed by atoms with E-state index in [4.69, 9.17) is 0 Å². The lowest BCUT2D eigenvalue weighted by Crippen LogP contribution is -2.48. The number of nitrogens with zero attached hydrogens (tertiary/aromatic N) is 1. The van der Waals surface area contributed by atoms with Crippen molar-refractivity contribution in [3.63, 3.8) is 0 Å². The lowest BCUT2D eigenvalue weighted by Gasteiger charge is -2.27. The summed E-state index contributed by atoms with van der Waals surface area (Å²) < 4.78 is 0. The standard InChI is InChI=1S/C13H21N3O3S/c1-4-16(9-13(2,3)19)8-11(17)14-15-12(18)10-6-5-7-20-10/h5-7,19H,4,8-9H2,1-3H3,(H,14,17)(H,15,18). The molecule has 1 aromatic rings. The third-order valence-electron chi connectivity index (χ3n) is 2.49. The summed E-state index contributed by atoms with van der Waals surface area (Å²) in [5.74, 6) is -0.653. The number of hydrogen-bond acceptors (Lipinski definition) is 5. The van der Waals surface area contributed by atoms with Gasteiger partial charge in [0.05, 0.1) is 17.0 Å². The van der Waals surface area contributed by atoms with E-state index in [1.165, 1.54) is 11.3 Å². The van der Waals surface area contributed by atoms with Gasteiger partial charge in [0.15, 0.2) is 0 Å². The highest BCUT2D eigenvalue weighted by atomic mass is 32.1. The first-order valence-electron chi connectivity index (χ1n) is 6.39. The zero-order chi connectivity index (χ0) is 15.2. The zero-order valence-electron chi connectivity index (χ0n) is 12.0. The molecule has 0 bridgehead atoms. The topological polar surface area (TPSA) is 81.7 Å². The Morgan fingerprint density at radius 3 is 2.60 bits per heavy atom. The molecule has 1 rings (SSSR count). The van der Waals surface area contributed by atoms with E-state index < -0.39 is 5.60 Å². The van der Waals surface area contributed by atoms with Crippen molar-refractivity contribution in [1.82, 2.24) is 15.8 Å². The highest BCUT2D eigenvalue weighted by Crippen LogP contribution is 2.07. The minimum atomic E-state index is -0.865. The second kappa shape index (κ2) is 7.37. The molecule has 0 aromatic carbocycles. The molecule has 0 aliphatic carbocycles.